The zero-order valence-electron chi connectivity index (χ0n) is 11.9. The van der Waals surface area contributed by atoms with Gasteiger partial charge in [-0.2, -0.15) is 0 Å². The number of nitrogens with zero attached hydrogens (tertiary/aromatic N) is 1. The molecule has 0 radical (unpaired) electrons. The Labute approximate surface area is 115 Å². The molecule has 0 aliphatic carbocycles. The van der Waals surface area contributed by atoms with E-state index in [-0.39, 0.29) is 0 Å². The molecule has 1 unspecified atom stereocenters. The minimum absolute atomic E-state index is 0.343. The van der Waals surface area contributed by atoms with Crippen molar-refractivity contribution in [1.82, 2.24) is 4.98 Å². The summed E-state index contributed by atoms with van der Waals surface area (Å²) in [5.74, 6) is 1.09. The molecule has 108 valence electrons. The first-order chi connectivity index (χ1) is 9.11. The van der Waals surface area contributed by atoms with Crippen molar-refractivity contribution in [2.24, 2.45) is 5.92 Å². The number of pyridine rings is 1. The van der Waals surface area contributed by atoms with Gasteiger partial charge in [0.2, 0.25) is 5.88 Å². The molecule has 5 heteroatoms. The maximum Gasteiger partial charge on any atom is 0.213 e. The lowest BCUT2D eigenvalue weighted by atomic mass is 10.2. The maximum atomic E-state index is 9.73. The number of aliphatic hydroxyl groups is 1. The summed E-state index contributed by atoms with van der Waals surface area (Å²) in [6.07, 6.45) is 1.16. The Kier molecular flexibility index (Phi) is 7.22. The Balaban J connectivity index is 2.23. The lowest BCUT2D eigenvalue weighted by Crippen LogP contribution is -2.25. The molecule has 1 aromatic rings. The second kappa shape index (κ2) is 8.72. The largest absolute Gasteiger partial charge is 0.478 e. The fourth-order valence-electron chi connectivity index (χ4n) is 1.45. The molecule has 1 heterocycles. The standard InChI is InChI=1S/C14H24N2O3/c1-4-19-14-6-5-12(7-16-14)15-8-13(17)10-18-9-11(2)3/h5-7,11,13,15,17H,4,8-10H2,1-3H3. The van der Waals surface area contributed by atoms with Gasteiger partial charge in [-0.25, -0.2) is 4.98 Å². The van der Waals surface area contributed by atoms with Crippen LogP contribution in [0.4, 0.5) is 5.69 Å². The van der Waals surface area contributed by atoms with Crippen LogP contribution in [0.25, 0.3) is 0 Å². The molecule has 1 atom stereocenters. The van der Waals surface area contributed by atoms with Crippen molar-refractivity contribution < 1.29 is 14.6 Å². The number of aromatic nitrogens is 1. The third kappa shape index (κ3) is 6.98. The van der Waals surface area contributed by atoms with E-state index in [0.29, 0.717) is 38.2 Å². The Morgan fingerprint density at radius 2 is 2.11 bits per heavy atom. The lowest BCUT2D eigenvalue weighted by molar-refractivity contribution is 0.0318. The highest BCUT2D eigenvalue weighted by molar-refractivity contribution is 5.42. The van der Waals surface area contributed by atoms with Crippen molar-refractivity contribution >= 4 is 5.69 Å². The van der Waals surface area contributed by atoms with Crippen LogP contribution >= 0.6 is 0 Å². The Morgan fingerprint density at radius 1 is 1.32 bits per heavy atom. The van der Waals surface area contributed by atoms with Crippen LogP contribution in [0.15, 0.2) is 18.3 Å². The van der Waals surface area contributed by atoms with E-state index in [9.17, 15) is 5.11 Å². The molecule has 0 fully saturated rings. The van der Waals surface area contributed by atoms with Gasteiger partial charge in [-0.1, -0.05) is 13.8 Å². The molecule has 0 spiro atoms. The molecule has 0 saturated carbocycles. The van der Waals surface area contributed by atoms with Crippen molar-refractivity contribution in [3.05, 3.63) is 18.3 Å². The van der Waals surface area contributed by atoms with E-state index >= 15 is 0 Å². The van der Waals surface area contributed by atoms with Gasteiger partial charge in [0.05, 0.1) is 31.2 Å². The van der Waals surface area contributed by atoms with Crippen molar-refractivity contribution in [1.29, 1.82) is 0 Å². The number of hydrogen-bond donors (Lipinski definition) is 2. The minimum Gasteiger partial charge on any atom is -0.478 e. The van der Waals surface area contributed by atoms with Gasteiger partial charge >= 0.3 is 0 Å². The van der Waals surface area contributed by atoms with Gasteiger partial charge in [0.25, 0.3) is 0 Å². The summed E-state index contributed by atoms with van der Waals surface area (Å²) in [6.45, 7) is 8.13. The highest BCUT2D eigenvalue weighted by Gasteiger charge is 2.05. The average molecular weight is 268 g/mol. The molecule has 0 aromatic carbocycles. The Bertz CT molecular complexity index is 341. The fraction of sp³-hybridized carbons (Fsp3) is 0.643. The quantitative estimate of drug-likeness (QED) is 0.716. The molecule has 0 aliphatic rings. The molecular weight excluding hydrogens is 244 g/mol. The summed E-state index contributed by atoms with van der Waals surface area (Å²) in [5.41, 5.74) is 0.853. The maximum absolute atomic E-state index is 9.73. The predicted molar refractivity (Wildman–Crippen MR) is 75.6 cm³/mol. The molecule has 19 heavy (non-hydrogen) atoms. The van der Waals surface area contributed by atoms with E-state index in [1.54, 1.807) is 12.3 Å². The van der Waals surface area contributed by atoms with Crippen LogP contribution in [0.2, 0.25) is 0 Å². The van der Waals surface area contributed by atoms with E-state index in [0.717, 1.165) is 5.69 Å². The SMILES string of the molecule is CCOc1ccc(NCC(O)COCC(C)C)cn1. The first-order valence-corrected chi connectivity index (χ1v) is 6.70. The zero-order valence-corrected chi connectivity index (χ0v) is 11.9. The summed E-state index contributed by atoms with van der Waals surface area (Å²) < 4.78 is 10.6. The van der Waals surface area contributed by atoms with Crippen LogP contribution in [0.3, 0.4) is 0 Å². The van der Waals surface area contributed by atoms with E-state index in [1.165, 1.54) is 0 Å². The van der Waals surface area contributed by atoms with Gasteiger partial charge < -0.3 is 19.9 Å². The Hall–Kier alpha value is -1.33. The molecule has 1 aromatic heterocycles. The first kappa shape index (κ1) is 15.7. The van der Waals surface area contributed by atoms with Crippen LogP contribution in [-0.4, -0.2) is 42.6 Å². The van der Waals surface area contributed by atoms with Crippen molar-refractivity contribution in [2.45, 2.75) is 26.9 Å². The first-order valence-electron chi connectivity index (χ1n) is 6.70. The van der Waals surface area contributed by atoms with E-state index in [4.69, 9.17) is 9.47 Å². The molecule has 0 amide bonds. The summed E-state index contributed by atoms with van der Waals surface area (Å²) in [6, 6.07) is 3.67. The number of rotatable bonds is 9. The molecular formula is C14H24N2O3. The van der Waals surface area contributed by atoms with Crippen molar-refractivity contribution in [2.75, 3.05) is 31.7 Å². The number of hydrogen-bond acceptors (Lipinski definition) is 5. The molecule has 2 N–H and O–H groups in total. The summed E-state index contributed by atoms with van der Waals surface area (Å²) in [5, 5.41) is 12.8. The monoisotopic (exact) mass is 268 g/mol. The van der Waals surface area contributed by atoms with Gasteiger partial charge in [-0.05, 0) is 18.9 Å². The predicted octanol–water partition coefficient (Wildman–Crippen LogP) is 1.93. The van der Waals surface area contributed by atoms with Gasteiger partial charge in [0.1, 0.15) is 0 Å². The molecule has 0 aliphatic heterocycles. The topological polar surface area (TPSA) is 63.6 Å². The van der Waals surface area contributed by atoms with Crippen LogP contribution in [0.1, 0.15) is 20.8 Å². The Morgan fingerprint density at radius 3 is 2.68 bits per heavy atom. The molecule has 5 nitrogen and oxygen atoms in total. The van der Waals surface area contributed by atoms with E-state index < -0.39 is 6.10 Å². The summed E-state index contributed by atoms with van der Waals surface area (Å²) >= 11 is 0. The average Bonchev–Trinajstić information content (AvgIpc) is 2.38. The zero-order chi connectivity index (χ0) is 14.1. The van der Waals surface area contributed by atoms with Crippen LogP contribution < -0.4 is 10.1 Å². The highest BCUT2D eigenvalue weighted by atomic mass is 16.5. The van der Waals surface area contributed by atoms with Crippen LogP contribution in [-0.2, 0) is 4.74 Å². The van der Waals surface area contributed by atoms with Gasteiger partial charge in [-0.15, -0.1) is 0 Å². The highest BCUT2D eigenvalue weighted by Crippen LogP contribution is 2.11. The number of ether oxygens (including phenoxy) is 2. The van der Waals surface area contributed by atoms with Gasteiger partial charge in [0, 0.05) is 19.2 Å². The molecule has 1 rings (SSSR count). The van der Waals surface area contributed by atoms with E-state index in [1.807, 2.05) is 13.0 Å². The van der Waals surface area contributed by atoms with Crippen LogP contribution in [0, 0.1) is 5.92 Å². The molecule has 0 saturated heterocycles. The fourth-order valence-corrected chi connectivity index (χ4v) is 1.45. The number of nitrogens with one attached hydrogen (secondary N) is 1. The van der Waals surface area contributed by atoms with Crippen molar-refractivity contribution in [3.63, 3.8) is 0 Å². The van der Waals surface area contributed by atoms with Crippen LogP contribution in [0.5, 0.6) is 5.88 Å². The summed E-state index contributed by atoms with van der Waals surface area (Å²) in [7, 11) is 0. The lowest BCUT2D eigenvalue weighted by Gasteiger charge is -2.14. The van der Waals surface area contributed by atoms with Gasteiger partial charge in [-0.3, -0.25) is 0 Å². The minimum atomic E-state index is -0.523. The van der Waals surface area contributed by atoms with E-state index in [2.05, 4.69) is 24.1 Å². The second-order valence-corrected chi connectivity index (χ2v) is 4.78. The molecule has 0 bridgehead atoms. The van der Waals surface area contributed by atoms with Gasteiger partial charge in [0.15, 0.2) is 0 Å². The van der Waals surface area contributed by atoms with Crippen molar-refractivity contribution in [3.8, 4) is 5.88 Å². The normalized spacial score (nSPS) is 12.5. The summed E-state index contributed by atoms with van der Waals surface area (Å²) in [4.78, 5) is 4.13. The third-order valence-corrected chi connectivity index (χ3v) is 2.33. The number of anilines is 1. The third-order valence-electron chi connectivity index (χ3n) is 2.33. The number of aliphatic hydroxyl groups excluding tert-OH is 1. The second-order valence-electron chi connectivity index (χ2n) is 4.78. The smallest absolute Gasteiger partial charge is 0.213 e.